The van der Waals surface area contributed by atoms with Gasteiger partial charge in [-0.3, -0.25) is 0 Å². The van der Waals surface area contributed by atoms with Crippen molar-refractivity contribution in [3.8, 4) is 5.75 Å². The zero-order valence-electron chi connectivity index (χ0n) is 11.2. The van der Waals surface area contributed by atoms with Gasteiger partial charge in [-0.25, -0.2) is 0 Å². The molecule has 0 aromatic heterocycles. The topological polar surface area (TPSA) is 21.3 Å². The molecular formula is C16H23NO. The van der Waals surface area contributed by atoms with Crippen LogP contribution >= 0.6 is 0 Å². The maximum Gasteiger partial charge on any atom is 0.124 e. The smallest absolute Gasteiger partial charge is 0.124 e. The molecule has 1 fully saturated rings. The van der Waals surface area contributed by atoms with Gasteiger partial charge in [-0.2, -0.15) is 0 Å². The standard InChI is InChI=1S/C16H23NO/c1-3-11-18-16-10-5-4-7-15(16)12-17-13(2)14-8-6-9-14/h3-5,7,10,13-14,17H,1,6,8-9,11-12H2,2H3. The van der Waals surface area contributed by atoms with Crippen LogP contribution in [0.4, 0.5) is 0 Å². The molecule has 0 aliphatic heterocycles. The van der Waals surface area contributed by atoms with Gasteiger partial charge in [0.1, 0.15) is 12.4 Å². The van der Waals surface area contributed by atoms with E-state index in [0.29, 0.717) is 12.6 Å². The molecule has 0 spiro atoms. The summed E-state index contributed by atoms with van der Waals surface area (Å²) in [7, 11) is 0. The first-order valence-corrected chi connectivity index (χ1v) is 6.86. The molecule has 0 heterocycles. The lowest BCUT2D eigenvalue weighted by Crippen LogP contribution is -2.36. The van der Waals surface area contributed by atoms with E-state index in [-0.39, 0.29) is 0 Å². The Morgan fingerprint density at radius 3 is 2.89 bits per heavy atom. The highest BCUT2D eigenvalue weighted by Gasteiger charge is 2.23. The van der Waals surface area contributed by atoms with Gasteiger partial charge >= 0.3 is 0 Å². The summed E-state index contributed by atoms with van der Waals surface area (Å²) in [6.45, 7) is 7.41. The van der Waals surface area contributed by atoms with Crippen molar-refractivity contribution in [2.45, 2.75) is 38.8 Å². The molecule has 98 valence electrons. The summed E-state index contributed by atoms with van der Waals surface area (Å²) in [5.41, 5.74) is 1.23. The van der Waals surface area contributed by atoms with Crippen LogP contribution in [-0.4, -0.2) is 12.6 Å². The Morgan fingerprint density at radius 2 is 2.22 bits per heavy atom. The molecule has 1 aromatic carbocycles. The Hall–Kier alpha value is -1.28. The Balaban J connectivity index is 1.88. The fourth-order valence-corrected chi connectivity index (χ4v) is 2.32. The first kappa shape index (κ1) is 13.2. The van der Waals surface area contributed by atoms with Crippen LogP contribution in [0.15, 0.2) is 36.9 Å². The third-order valence-corrected chi connectivity index (χ3v) is 3.80. The van der Waals surface area contributed by atoms with E-state index in [1.165, 1.54) is 24.8 Å². The molecule has 2 heteroatoms. The lowest BCUT2D eigenvalue weighted by Gasteiger charge is -2.32. The summed E-state index contributed by atoms with van der Waals surface area (Å²) in [6.07, 6.45) is 5.93. The fourth-order valence-electron chi connectivity index (χ4n) is 2.32. The van der Waals surface area contributed by atoms with Crippen LogP contribution in [0.5, 0.6) is 5.75 Å². The first-order chi connectivity index (χ1) is 8.81. The number of nitrogens with one attached hydrogen (secondary N) is 1. The molecule has 1 aliphatic carbocycles. The zero-order valence-corrected chi connectivity index (χ0v) is 11.2. The van der Waals surface area contributed by atoms with Crippen molar-refractivity contribution in [3.63, 3.8) is 0 Å². The Morgan fingerprint density at radius 1 is 1.44 bits per heavy atom. The third-order valence-electron chi connectivity index (χ3n) is 3.80. The minimum atomic E-state index is 0.565. The largest absolute Gasteiger partial charge is 0.489 e. The Bertz CT molecular complexity index is 384. The molecule has 2 rings (SSSR count). The minimum absolute atomic E-state index is 0.565. The van der Waals surface area contributed by atoms with Crippen molar-refractivity contribution in [3.05, 3.63) is 42.5 Å². The van der Waals surface area contributed by atoms with Gasteiger partial charge in [0.15, 0.2) is 0 Å². The minimum Gasteiger partial charge on any atom is -0.489 e. The molecule has 2 nitrogen and oxygen atoms in total. The summed E-state index contributed by atoms with van der Waals surface area (Å²) in [5.74, 6) is 1.83. The summed E-state index contributed by atoms with van der Waals surface area (Å²) < 4.78 is 5.66. The van der Waals surface area contributed by atoms with Crippen LogP contribution in [0.1, 0.15) is 31.7 Å². The summed E-state index contributed by atoms with van der Waals surface area (Å²) in [6, 6.07) is 8.82. The fraction of sp³-hybridized carbons (Fsp3) is 0.500. The highest BCUT2D eigenvalue weighted by atomic mass is 16.5. The number of benzene rings is 1. The zero-order chi connectivity index (χ0) is 12.8. The van der Waals surface area contributed by atoms with Gasteiger partial charge in [0.25, 0.3) is 0 Å². The van der Waals surface area contributed by atoms with Crippen molar-refractivity contribution < 1.29 is 4.74 Å². The average molecular weight is 245 g/mol. The number of hydrogen-bond acceptors (Lipinski definition) is 2. The van der Waals surface area contributed by atoms with Crippen LogP contribution in [0.25, 0.3) is 0 Å². The van der Waals surface area contributed by atoms with Gasteiger partial charge in [-0.05, 0) is 31.7 Å². The van der Waals surface area contributed by atoms with Crippen molar-refractivity contribution >= 4 is 0 Å². The van der Waals surface area contributed by atoms with Crippen LogP contribution in [0.2, 0.25) is 0 Å². The van der Waals surface area contributed by atoms with Crippen LogP contribution in [-0.2, 0) is 6.54 Å². The lowest BCUT2D eigenvalue weighted by atomic mass is 9.80. The van der Waals surface area contributed by atoms with Crippen molar-refractivity contribution in [1.82, 2.24) is 5.32 Å². The molecule has 18 heavy (non-hydrogen) atoms. The molecule has 1 unspecified atom stereocenters. The molecule has 0 bridgehead atoms. The van der Waals surface area contributed by atoms with Gasteiger partial charge in [0.2, 0.25) is 0 Å². The highest BCUT2D eigenvalue weighted by Crippen LogP contribution is 2.29. The maximum atomic E-state index is 5.66. The Kier molecular flexibility index (Phi) is 4.82. The average Bonchev–Trinajstić information content (AvgIpc) is 2.32. The van der Waals surface area contributed by atoms with Gasteiger partial charge in [0, 0.05) is 18.2 Å². The van der Waals surface area contributed by atoms with Gasteiger partial charge in [-0.15, -0.1) is 0 Å². The van der Waals surface area contributed by atoms with E-state index >= 15 is 0 Å². The monoisotopic (exact) mass is 245 g/mol. The molecular weight excluding hydrogens is 222 g/mol. The van der Waals surface area contributed by atoms with E-state index in [1.807, 2.05) is 12.1 Å². The van der Waals surface area contributed by atoms with Gasteiger partial charge in [-0.1, -0.05) is 37.3 Å². The second-order valence-electron chi connectivity index (χ2n) is 5.07. The normalized spacial score (nSPS) is 16.9. The molecule has 1 atom stereocenters. The molecule has 1 aromatic rings. The van der Waals surface area contributed by atoms with Crippen molar-refractivity contribution in [2.75, 3.05) is 6.61 Å². The first-order valence-electron chi connectivity index (χ1n) is 6.86. The van der Waals surface area contributed by atoms with Crippen LogP contribution in [0.3, 0.4) is 0 Å². The van der Waals surface area contributed by atoms with Crippen molar-refractivity contribution in [1.29, 1.82) is 0 Å². The van der Waals surface area contributed by atoms with Gasteiger partial charge in [0.05, 0.1) is 0 Å². The SMILES string of the molecule is C=CCOc1ccccc1CNC(C)C1CCC1. The molecule has 0 radical (unpaired) electrons. The van der Waals surface area contributed by atoms with Gasteiger partial charge < -0.3 is 10.1 Å². The summed E-state index contributed by atoms with van der Waals surface area (Å²) in [4.78, 5) is 0. The van der Waals surface area contributed by atoms with E-state index in [2.05, 4.69) is 31.0 Å². The summed E-state index contributed by atoms with van der Waals surface area (Å²) in [5, 5.41) is 3.61. The lowest BCUT2D eigenvalue weighted by molar-refractivity contribution is 0.239. The summed E-state index contributed by atoms with van der Waals surface area (Å²) >= 11 is 0. The third kappa shape index (κ3) is 3.36. The molecule has 0 amide bonds. The van der Waals surface area contributed by atoms with Crippen LogP contribution in [0, 0.1) is 5.92 Å². The van der Waals surface area contributed by atoms with E-state index < -0.39 is 0 Å². The second-order valence-corrected chi connectivity index (χ2v) is 5.07. The van der Waals surface area contributed by atoms with E-state index in [0.717, 1.165) is 18.2 Å². The second kappa shape index (κ2) is 6.60. The molecule has 1 saturated carbocycles. The number of rotatable bonds is 7. The van der Waals surface area contributed by atoms with E-state index in [9.17, 15) is 0 Å². The number of para-hydroxylation sites is 1. The predicted octanol–water partition coefficient (Wildman–Crippen LogP) is 3.53. The molecule has 0 saturated heterocycles. The van der Waals surface area contributed by atoms with E-state index in [1.54, 1.807) is 6.08 Å². The molecule has 1 N–H and O–H groups in total. The van der Waals surface area contributed by atoms with Crippen molar-refractivity contribution in [2.24, 2.45) is 5.92 Å². The van der Waals surface area contributed by atoms with Crippen LogP contribution < -0.4 is 10.1 Å². The quantitative estimate of drug-likeness (QED) is 0.742. The maximum absolute atomic E-state index is 5.66. The highest BCUT2D eigenvalue weighted by molar-refractivity contribution is 5.33. The van der Waals surface area contributed by atoms with E-state index in [4.69, 9.17) is 4.74 Å². The number of ether oxygens (including phenoxy) is 1. The molecule has 1 aliphatic rings. The predicted molar refractivity (Wildman–Crippen MR) is 75.8 cm³/mol. The number of hydrogen-bond donors (Lipinski definition) is 1. The Labute approximate surface area is 110 Å².